The number of thiophene rings is 1. The molecule has 1 amide bonds. The highest BCUT2D eigenvalue weighted by atomic mass is 32.2. The van der Waals surface area contributed by atoms with Gasteiger partial charge in [0.25, 0.3) is 5.56 Å². The second-order valence-corrected chi connectivity index (χ2v) is 9.38. The van der Waals surface area contributed by atoms with E-state index in [1.165, 1.54) is 16.9 Å². The van der Waals surface area contributed by atoms with Gasteiger partial charge in [-0.3, -0.25) is 9.59 Å². The average molecular weight is 408 g/mol. The molecule has 1 aliphatic heterocycles. The lowest BCUT2D eigenvalue weighted by atomic mass is 9.97. The zero-order valence-corrected chi connectivity index (χ0v) is 17.0. The molecular formula is C19H25N3O3S2. The SMILES string of the molecule is O=C(CCSCc1nc2sc3c(c2c(=O)[nH]1)CCCC3)NC1CCCOC1. The number of fused-ring (bicyclic) bond motifs is 3. The Morgan fingerprint density at radius 1 is 1.33 bits per heavy atom. The number of nitrogens with zero attached hydrogens (tertiary/aromatic N) is 1. The van der Waals surface area contributed by atoms with E-state index in [0.717, 1.165) is 48.9 Å². The molecule has 0 aromatic carbocycles. The van der Waals surface area contributed by atoms with Gasteiger partial charge in [-0.05, 0) is 44.1 Å². The summed E-state index contributed by atoms with van der Waals surface area (Å²) < 4.78 is 5.38. The minimum absolute atomic E-state index is 0.00922. The maximum absolute atomic E-state index is 12.5. The maximum atomic E-state index is 12.5. The van der Waals surface area contributed by atoms with Crippen LogP contribution in [0.15, 0.2) is 4.79 Å². The zero-order valence-electron chi connectivity index (χ0n) is 15.3. The Bertz CT molecular complexity index is 871. The number of aryl methyl sites for hydroxylation is 2. The number of aromatic amines is 1. The van der Waals surface area contributed by atoms with E-state index in [4.69, 9.17) is 4.74 Å². The molecule has 6 nitrogen and oxygen atoms in total. The first kappa shape index (κ1) is 19.0. The summed E-state index contributed by atoms with van der Waals surface area (Å²) in [5.74, 6) is 2.10. The molecule has 1 atom stereocenters. The number of hydrogen-bond donors (Lipinski definition) is 2. The van der Waals surface area contributed by atoms with E-state index in [0.29, 0.717) is 30.4 Å². The van der Waals surface area contributed by atoms with E-state index in [1.807, 2.05) is 0 Å². The first-order valence-electron chi connectivity index (χ1n) is 9.69. The van der Waals surface area contributed by atoms with Crippen molar-refractivity contribution in [2.24, 2.45) is 0 Å². The quantitative estimate of drug-likeness (QED) is 0.720. The Kier molecular flexibility index (Phi) is 6.14. The maximum Gasteiger partial charge on any atom is 0.259 e. The Morgan fingerprint density at radius 3 is 3.07 bits per heavy atom. The van der Waals surface area contributed by atoms with Gasteiger partial charge in [0.05, 0.1) is 23.8 Å². The van der Waals surface area contributed by atoms with Crippen molar-refractivity contribution in [2.45, 2.75) is 56.7 Å². The molecule has 0 spiro atoms. The third-order valence-electron chi connectivity index (χ3n) is 5.11. The third kappa shape index (κ3) is 4.55. The summed E-state index contributed by atoms with van der Waals surface area (Å²) in [6, 6.07) is 0.154. The van der Waals surface area contributed by atoms with Gasteiger partial charge in [-0.25, -0.2) is 4.98 Å². The summed E-state index contributed by atoms with van der Waals surface area (Å²) in [6.45, 7) is 1.42. The Labute approximate surface area is 166 Å². The normalized spacial score (nSPS) is 19.8. The smallest absolute Gasteiger partial charge is 0.259 e. The van der Waals surface area contributed by atoms with Crippen LogP contribution in [0.25, 0.3) is 10.2 Å². The number of nitrogens with one attached hydrogen (secondary N) is 2. The van der Waals surface area contributed by atoms with Crippen molar-refractivity contribution in [3.8, 4) is 0 Å². The van der Waals surface area contributed by atoms with Crippen molar-refractivity contribution in [1.82, 2.24) is 15.3 Å². The molecule has 0 bridgehead atoms. The van der Waals surface area contributed by atoms with Gasteiger partial charge < -0.3 is 15.0 Å². The molecule has 146 valence electrons. The van der Waals surface area contributed by atoms with Gasteiger partial charge in [-0.15, -0.1) is 11.3 Å². The standard InChI is InChI=1S/C19H25N3O3S2/c23-16(20-12-4-3-8-25-10-12)7-9-26-11-15-21-18(24)17-13-5-1-2-6-14(13)27-19(17)22-15/h12H,1-11H2,(H,20,23)(H,21,22,24). The number of carbonyl (C=O) groups is 1. The van der Waals surface area contributed by atoms with Crippen LogP contribution in [-0.4, -0.2) is 40.9 Å². The lowest BCUT2D eigenvalue weighted by molar-refractivity contribution is -0.122. The molecule has 1 aliphatic carbocycles. The lowest BCUT2D eigenvalue weighted by Gasteiger charge is -2.23. The molecule has 2 aromatic heterocycles. The van der Waals surface area contributed by atoms with Crippen molar-refractivity contribution in [1.29, 1.82) is 0 Å². The van der Waals surface area contributed by atoms with Gasteiger partial charge in [0.2, 0.25) is 5.91 Å². The Hall–Kier alpha value is -1.38. The highest BCUT2D eigenvalue weighted by Crippen LogP contribution is 2.33. The summed E-state index contributed by atoms with van der Waals surface area (Å²) in [4.78, 5) is 34.4. The molecule has 1 fully saturated rings. The summed E-state index contributed by atoms with van der Waals surface area (Å²) >= 11 is 3.30. The molecule has 4 rings (SSSR count). The largest absolute Gasteiger partial charge is 0.379 e. The Balaban J connectivity index is 1.30. The van der Waals surface area contributed by atoms with Crippen LogP contribution in [0.4, 0.5) is 0 Å². The molecule has 3 heterocycles. The van der Waals surface area contributed by atoms with Crippen molar-refractivity contribution < 1.29 is 9.53 Å². The van der Waals surface area contributed by atoms with Crippen molar-refractivity contribution in [2.75, 3.05) is 19.0 Å². The number of carbonyl (C=O) groups excluding carboxylic acids is 1. The van der Waals surface area contributed by atoms with Crippen LogP contribution in [0.5, 0.6) is 0 Å². The number of thioether (sulfide) groups is 1. The third-order valence-corrected chi connectivity index (χ3v) is 7.27. The number of amides is 1. The zero-order chi connectivity index (χ0) is 18.6. The van der Waals surface area contributed by atoms with Gasteiger partial charge in [0.15, 0.2) is 0 Å². The minimum Gasteiger partial charge on any atom is -0.379 e. The number of aromatic nitrogens is 2. The van der Waals surface area contributed by atoms with E-state index in [-0.39, 0.29) is 17.5 Å². The first-order chi connectivity index (χ1) is 13.2. The molecule has 2 aliphatic rings. The van der Waals surface area contributed by atoms with Crippen molar-refractivity contribution in [3.63, 3.8) is 0 Å². The lowest BCUT2D eigenvalue weighted by Crippen LogP contribution is -2.40. The fourth-order valence-electron chi connectivity index (χ4n) is 3.76. The fraction of sp³-hybridized carbons (Fsp3) is 0.632. The summed E-state index contributed by atoms with van der Waals surface area (Å²) in [7, 11) is 0. The molecule has 1 saturated heterocycles. The van der Waals surface area contributed by atoms with Gasteiger partial charge in [-0.1, -0.05) is 0 Å². The van der Waals surface area contributed by atoms with Crippen LogP contribution in [0.1, 0.15) is 48.4 Å². The highest BCUT2D eigenvalue weighted by Gasteiger charge is 2.20. The predicted molar refractivity (Wildman–Crippen MR) is 110 cm³/mol. The second kappa shape index (κ2) is 8.75. The topological polar surface area (TPSA) is 84.1 Å². The van der Waals surface area contributed by atoms with Crippen LogP contribution in [0.2, 0.25) is 0 Å². The van der Waals surface area contributed by atoms with Crippen LogP contribution in [0.3, 0.4) is 0 Å². The van der Waals surface area contributed by atoms with E-state index in [2.05, 4.69) is 15.3 Å². The first-order valence-corrected chi connectivity index (χ1v) is 11.7. The number of ether oxygens (including phenoxy) is 1. The summed E-state index contributed by atoms with van der Waals surface area (Å²) in [5, 5.41) is 3.83. The van der Waals surface area contributed by atoms with Gasteiger partial charge in [0, 0.05) is 23.7 Å². The molecule has 2 aromatic rings. The molecule has 8 heteroatoms. The minimum atomic E-state index is -0.00922. The number of rotatable bonds is 6. The molecule has 27 heavy (non-hydrogen) atoms. The van der Waals surface area contributed by atoms with Gasteiger partial charge in [0.1, 0.15) is 10.7 Å². The molecular weight excluding hydrogens is 382 g/mol. The van der Waals surface area contributed by atoms with E-state index >= 15 is 0 Å². The second-order valence-electron chi connectivity index (χ2n) is 7.19. The van der Waals surface area contributed by atoms with Crippen LogP contribution in [0, 0.1) is 0 Å². The fourth-order valence-corrected chi connectivity index (χ4v) is 5.85. The molecule has 0 saturated carbocycles. The van der Waals surface area contributed by atoms with Gasteiger partial charge >= 0.3 is 0 Å². The molecule has 1 unspecified atom stereocenters. The van der Waals surface area contributed by atoms with Crippen molar-refractivity contribution >= 4 is 39.2 Å². The highest BCUT2D eigenvalue weighted by molar-refractivity contribution is 7.98. The van der Waals surface area contributed by atoms with Crippen molar-refractivity contribution in [3.05, 3.63) is 26.6 Å². The average Bonchev–Trinajstić information content (AvgIpc) is 3.05. The van der Waals surface area contributed by atoms with Gasteiger partial charge in [-0.2, -0.15) is 11.8 Å². The van der Waals surface area contributed by atoms with E-state index in [1.54, 1.807) is 23.1 Å². The van der Waals surface area contributed by atoms with Crippen LogP contribution < -0.4 is 10.9 Å². The van der Waals surface area contributed by atoms with E-state index in [9.17, 15) is 9.59 Å². The monoisotopic (exact) mass is 407 g/mol. The Morgan fingerprint density at radius 2 is 2.22 bits per heavy atom. The molecule has 2 N–H and O–H groups in total. The summed E-state index contributed by atoms with van der Waals surface area (Å²) in [5.41, 5.74) is 1.21. The van der Waals surface area contributed by atoms with Crippen LogP contribution >= 0.6 is 23.1 Å². The predicted octanol–water partition coefficient (Wildman–Crippen LogP) is 2.78. The number of H-pyrrole nitrogens is 1. The summed E-state index contributed by atoms with van der Waals surface area (Å²) in [6.07, 6.45) is 6.90. The van der Waals surface area contributed by atoms with Crippen LogP contribution in [-0.2, 0) is 28.1 Å². The number of hydrogen-bond acceptors (Lipinski definition) is 6. The van der Waals surface area contributed by atoms with E-state index < -0.39 is 0 Å². The molecule has 0 radical (unpaired) electrons.